The van der Waals surface area contributed by atoms with Gasteiger partial charge in [-0.15, -0.1) is 0 Å². The summed E-state index contributed by atoms with van der Waals surface area (Å²) in [6, 6.07) is 10.2. The number of ether oxygens (including phenoxy) is 1. The van der Waals surface area contributed by atoms with Crippen molar-refractivity contribution in [2.24, 2.45) is 0 Å². The molecular formula is C17H25N3O. The Bertz CT molecular complexity index is 501. The number of nitriles is 1. The van der Waals surface area contributed by atoms with E-state index >= 15 is 0 Å². The molecule has 0 radical (unpaired) electrons. The second-order valence-electron chi connectivity index (χ2n) is 6.25. The van der Waals surface area contributed by atoms with Gasteiger partial charge in [0, 0.05) is 31.2 Å². The third-order valence-electron chi connectivity index (χ3n) is 4.22. The van der Waals surface area contributed by atoms with E-state index in [0.717, 1.165) is 38.4 Å². The molecule has 0 saturated carbocycles. The summed E-state index contributed by atoms with van der Waals surface area (Å²) in [7, 11) is 0. The quantitative estimate of drug-likeness (QED) is 0.903. The van der Waals surface area contributed by atoms with Crippen LogP contribution in [-0.4, -0.2) is 43.3 Å². The van der Waals surface area contributed by atoms with E-state index in [1.165, 1.54) is 0 Å². The van der Waals surface area contributed by atoms with E-state index in [1.54, 1.807) is 0 Å². The van der Waals surface area contributed by atoms with E-state index in [4.69, 9.17) is 10.00 Å². The lowest BCUT2D eigenvalue weighted by Crippen LogP contribution is -2.54. The molecule has 1 aliphatic heterocycles. The lowest BCUT2D eigenvalue weighted by Gasteiger charge is -2.41. The molecule has 1 unspecified atom stereocenters. The van der Waals surface area contributed by atoms with Crippen LogP contribution < -0.4 is 5.32 Å². The van der Waals surface area contributed by atoms with Gasteiger partial charge in [0.1, 0.15) is 0 Å². The minimum Gasteiger partial charge on any atom is -0.379 e. The number of hydrogen-bond acceptors (Lipinski definition) is 4. The van der Waals surface area contributed by atoms with Crippen LogP contribution in [0, 0.1) is 11.3 Å². The number of hydrogen-bond donors (Lipinski definition) is 1. The Hall–Kier alpha value is -1.41. The van der Waals surface area contributed by atoms with Gasteiger partial charge in [-0.2, -0.15) is 5.26 Å². The van der Waals surface area contributed by atoms with Crippen LogP contribution in [0.4, 0.5) is 0 Å². The van der Waals surface area contributed by atoms with Gasteiger partial charge in [-0.05, 0) is 38.5 Å². The van der Waals surface area contributed by atoms with E-state index in [9.17, 15) is 0 Å². The van der Waals surface area contributed by atoms with E-state index in [0.29, 0.717) is 5.56 Å². The summed E-state index contributed by atoms with van der Waals surface area (Å²) in [5.41, 5.74) is 1.98. The van der Waals surface area contributed by atoms with Crippen molar-refractivity contribution in [3.8, 4) is 6.07 Å². The summed E-state index contributed by atoms with van der Waals surface area (Å²) in [5.74, 6) is 0. The highest BCUT2D eigenvalue weighted by Gasteiger charge is 2.28. The molecule has 0 aromatic heterocycles. The fraction of sp³-hybridized carbons (Fsp3) is 0.588. The van der Waals surface area contributed by atoms with Crippen molar-refractivity contribution in [2.75, 3.05) is 32.8 Å². The molecular weight excluding hydrogens is 262 g/mol. The topological polar surface area (TPSA) is 48.3 Å². The average Bonchev–Trinajstić information content (AvgIpc) is 2.53. The number of morpholine rings is 1. The van der Waals surface area contributed by atoms with Crippen molar-refractivity contribution >= 4 is 0 Å². The highest BCUT2D eigenvalue weighted by atomic mass is 16.5. The van der Waals surface area contributed by atoms with Crippen molar-refractivity contribution < 1.29 is 4.74 Å². The lowest BCUT2D eigenvalue weighted by molar-refractivity contribution is -0.0102. The van der Waals surface area contributed by atoms with Gasteiger partial charge in [-0.25, -0.2) is 0 Å². The van der Waals surface area contributed by atoms with Crippen LogP contribution >= 0.6 is 0 Å². The molecule has 1 aromatic carbocycles. The van der Waals surface area contributed by atoms with Gasteiger partial charge in [0.2, 0.25) is 0 Å². The number of nitrogens with zero attached hydrogens (tertiary/aromatic N) is 2. The van der Waals surface area contributed by atoms with E-state index in [2.05, 4.69) is 43.1 Å². The third-order valence-corrected chi connectivity index (χ3v) is 4.22. The number of rotatable bonds is 5. The first-order valence-corrected chi connectivity index (χ1v) is 7.59. The van der Waals surface area contributed by atoms with Gasteiger partial charge >= 0.3 is 0 Å². The third kappa shape index (κ3) is 4.28. The predicted octanol–water partition coefficient (Wildman–Crippen LogP) is 2.32. The monoisotopic (exact) mass is 287 g/mol. The molecule has 114 valence electrons. The molecule has 1 atom stereocenters. The lowest BCUT2D eigenvalue weighted by atomic mass is 10.00. The molecule has 0 amide bonds. The van der Waals surface area contributed by atoms with Crippen LogP contribution in [0.2, 0.25) is 0 Å². The highest BCUT2D eigenvalue weighted by Crippen LogP contribution is 2.18. The molecule has 1 saturated heterocycles. The maximum absolute atomic E-state index is 8.98. The molecule has 0 bridgehead atoms. The van der Waals surface area contributed by atoms with E-state index in [-0.39, 0.29) is 11.6 Å². The zero-order valence-electron chi connectivity index (χ0n) is 13.2. The molecule has 1 N–H and O–H groups in total. The Morgan fingerprint density at radius 1 is 1.38 bits per heavy atom. The van der Waals surface area contributed by atoms with Gasteiger partial charge in [-0.3, -0.25) is 4.90 Å². The molecule has 1 aromatic rings. The summed E-state index contributed by atoms with van der Waals surface area (Å²) in [5, 5.41) is 12.6. The molecule has 1 heterocycles. The molecule has 1 fully saturated rings. The Kier molecular flexibility index (Phi) is 5.35. The predicted molar refractivity (Wildman–Crippen MR) is 84.0 cm³/mol. The number of nitrogens with one attached hydrogen (secondary N) is 1. The van der Waals surface area contributed by atoms with Crippen LogP contribution in [-0.2, 0) is 4.74 Å². The minimum atomic E-state index is 0.102. The SMILES string of the molecule is CC(NCC(C)(C)N1CCOCC1)c1cccc(C#N)c1. The first kappa shape index (κ1) is 16.0. The van der Waals surface area contributed by atoms with Crippen molar-refractivity contribution in [3.05, 3.63) is 35.4 Å². The summed E-state index contributed by atoms with van der Waals surface area (Å²) in [6.45, 7) is 11.2. The van der Waals surface area contributed by atoms with Crippen LogP contribution in [0.25, 0.3) is 0 Å². The van der Waals surface area contributed by atoms with Gasteiger partial charge in [0.25, 0.3) is 0 Å². The van der Waals surface area contributed by atoms with Crippen LogP contribution in [0.3, 0.4) is 0 Å². The van der Waals surface area contributed by atoms with Gasteiger partial charge in [0.05, 0.1) is 24.8 Å². The molecule has 4 heteroatoms. The number of benzene rings is 1. The molecule has 2 rings (SSSR count). The second kappa shape index (κ2) is 7.04. The first-order valence-electron chi connectivity index (χ1n) is 7.59. The Morgan fingerprint density at radius 2 is 2.10 bits per heavy atom. The fourth-order valence-corrected chi connectivity index (χ4v) is 2.68. The standard InChI is InChI=1S/C17H25N3O/c1-14(16-6-4-5-15(11-16)12-18)19-13-17(2,3)20-7-9-21-10-8-20/h4-6,11,14,19H,7-10,13H2,1-3H3. The van der Waals surface area contributed by atoms with Crippen molar-refractivity contribution in [3.63, 3.8) is 0 Å². The van der Waals surface area contributed by atoms with E-state index in [1.807, 2.05) is 18.2 Å². The van der Waals surface area contributed by atoms with Gasteiger partial charge in [-0.1, -0.05) is 12.1 Å². The Morgan fingerprint density at radius 3 is 2.76 bits per heavy atom. The maximum atomic E-state index is 8.98. The van der Waals surface area contributed by atoms with Gasteiger partial charge < -0.3 is 10.1 Å². The minimum absolute atomic E-state index is 0.102. The van der Waals surface area contributed by atoms with Gasteiger partial charge in [0.15, 0.2) is 0 Å². The summed E-state index contributed by atoms with van der Waals surface area (Å²) < 4.78 is 5.42. The second-order valence-corrected chi connectivity index (χ2v) is 6.25. The molecule has 0 aliphatic carbocycles. The van der Waals surface area contributed by atoms with Crippen LogP contribution in [0.15, 0.2) is 24.3 Å². The molecule has 21 heavy (non-hydrogen) atoms. The van der Waals surface area contributed by atoms with Crippen molar-refractivity contribution in [1.29, 1.82) is 5.26 Å². The van der Waals surface area contributed by atoms with Crippen molar-refractivity contribution in [1.82, 2.24) is 10.2 Å². The maximum Gasteiger partial charge on any atom is 0.0991 e. The van der Waals surface area contributed by atoms with Crippen LogP contribution in [0.5, 0.6) is 0 Å². The zero-order chi connectivity index (χ0) is 15.3. The normalized spacial score (nSPS) is 18.2. The summed E-state index contributed by atoms with van der Waals surface area (Å²) in [6.07, 6.45) is 0. The Labute approximate surface area is 127 Å². The highest BCUT2D eigenvalue weighted by molar-refractivity contribution is 5.34. The smallest absolute Gasteiger partial charge is 0.0991 e. The summed E-state index contributed by atoms with van der Waals surface area (Å²) >= 11 is 0. The van der Waals surface area contributed by atoms with Crippen LogP contribution in [0.1, 0.15) is 37.9 Å². The molecule has 0 spiro atoms. The average molecular weight is 287 g/mol. The Balaban J connectivity index is 1.93. The first-order chi connectivity index (χ1) is 10.0. The largest absolute Gasteiger partial charge is 0.379 e. The zero-order valence-corrected chi connectivity index (χ0v) is 13.2. The van der Waals surface area contributed by atoms with Crippen molar-refractivity contribution in [2.45, 2.75) is 32.4 Å². The molecule has 1 aliphatic rings. The molecule has 4 nitrogen and oxygen atoms in total. The summed E-state index contributed by atoms with van der Waals surface area (Å²) in [4.78, 5) is 2.47. The fourth-order valence-electron chi connectivity index (χ4n) is 2.68. The van der Waals surface area contributed by atoms with E-state index < -0.39 is 0 Å².